The number of benzene rings is 1. The molecule has 0 aromatic heterocycles. The van der Waals surface area contributed by atoms with E-state index in [0.717, 1.165) is 10.2 Å². The molecule has 0 spiro atoms. The molecule has 2 saturated heterocycles. The molecule has 2 N–H and O–H groups in total. The highest BCUT2D eigenvalue weighted by atomic mass is 79.9. The van der Waals surface area contributed by atoms with E-state index in [1.807, 2.05) is 24.3 Å². The van der Waals surface area contributed by atoms with Crippen molar-refractivity contribution in [2.24, 2.45) is 0 Å². The fourth-order valence-corrected chi connectivity index (χ4v) is 3.65. The van der Waals surface area contributed by atoms with Crippen LogP contribution in [0.25, 0.3) is 0 Å². The first-order valence-electron chi connectivity index (χ1n) is 7.76. The maximum absolute atomic E-state index is 10.1. The number of fused-ring (bicyclic) bond motifs is 1. The lowest BCUT2D eigenvalue weighted by atomic mass is 10.1. The topological polar surface area (TPSA) is 44.7 Å². The standard InChI is InChI=1S/C16H23BrN2O2/c17-12-3-5-14(6-4-12)21-11-13(20)10-18-15-7-9-19-8-1-2-16(15)19/h3-6,13,15-16,18,20H,1-2,7-11H2. The Morgan fingerprint density at radius 2 is 2.10 bits per heavy atom. The summed E-state index contributed by atoms with van der Waals surface area (Å²) in [5, 5.41) is 13.6. The number of halogens is 1. The molecule has 4 nitrogen and oxygen atoms in total. The number of hydrogen-bond acceptors (Lipinski definition) is 4. The van der Waals surface area contributed by atoms with Gasteiger partial charge in [-0.15, -0.1) is 0 Å². The van der Waals surface area contributed by atoms with Crippen LogP contribution >= 0.6 is 15.9 Å². The second kappa shape index (κ2) is 7.09. The SMILES string of the molecule is OC(CNC1CCN2CCCC12)COc1ccc(Br)cc1. The molecule has 5 heteroatoms. The van der Waals surface area contributed by atoms with Gasteiger partial charge < -0.3 is 15.2 Å². The molecule has 2 aliphatic rings. The molecular weight excluding hydrogens is 332 g/mol. The first kappa shape index (κ1) is 15.3. The third-order valence-corrected chi connectivity index (χ3v) is 5.01. The van der Waals surface area contributed by atoms with E-state index in [4.69, 9.17) is 4.74 Å². The molecule has 0 saturated carbocycles. The second-order valence-corrected chi connectivity index (χ2v) is 6.88. The second-order valence-electron chi connectivity index (χ2n) is 5.97. The molecule has 3 rings (SSSR count). The molecule has 0 aliphatic carbocycles. The van der Waals surface area contributed by atoms with Crippen LogP contribution in [-0.4, -0.2) is 54.4 Å². The van der Waals surface area contributed by atoms with Gasteiger partial charge in [0.2, 0.25) is 0 Å². The van der Waals surface area contributed by atoms with Crippen molar-refractivity contribution in [3.8, 4) is 5.75 Å². The summed E-state index contributed by atoms with van der Waals surface area (Å²) in [7, 11) is 0. The zero-order chi connectivity index (χ0) is 14.7. The summed E-state index contributed by atoms with van der Waals surface area (Å²) in [5.74, 6) is 0.792. The van der Waals surface area contributed by atoms with Crippen molar-refractivity contribution in [3.63, 3.8) is 0 Å². The van der Waals surface area contributed by atoms with Gasteiger partial charge in [0.1, 0.15) is 18.5 Å². The monoisotopic (exact) mass is 354 g/mol. The van der Waals surface area contributed by atoms with Crippen molar-refractivity contribution in [3.05, 3.63) is 28.7 Å². The van der Waals surface area contributed by atoms with Crippen molar-refractivity contribution >= 4 is 15.9 Å². The molecule has 1 aromatic rings. The average Bonchev–Trinajstić information content (AvgIpc) is 3.08. The van der Waals surface area contributed by atoms with Crippen LogP contribution in [0.1, 0.15) is 19.3 Å². The van der Waals surface area contributed by atoms with Gasteiger partial charge >= 0.3 is 0 Å². The molecule has 0 radical (unpaired) electrons. The van der Waals surface area contributed by atoms with Crippen LogP contribution in [0.15, 0.2) is 28.7 Å². The van der Waals surface area contributed by atoms with E-state index in [1.165, 1.54) is 32.4 Å². The van der Waals surface area contributed by atoms with Gasteiger partial charge in [0.25, 0.3) is 0 Å². The predicted molar refractivity (Wildman–Crippen MR) is 86.6 cm³/mol. The van der Waals surface area contributed by atoms with Gasteiger partial charge in [-0.1, -0.05) is 15.9 Å². The number of aliphatic hydroxyl groups is 1. The van der Waals surface area contributed by atoms with E-state index in [0.29, 0.717) is 25.2 Å². The van der Waals surface area contributed by atoms with Crippen molar-refractivity contribution in [2.75, 3.05) is 26.2 Å². The van der Waals surface area contributed by atoms with E-state index in [-0.39, 0.29) is 0 Å². The summed E-state index contributed by atoms with van der Waals surface area (Å²) < 4.78 is 6.63. The van der Waals surface area contributed by atoms with Crippen LogP contribution in [0.5, 0.6) is 5.75 Å². The number of nitrogens with zero attached hydrogens (tertiary/aromatic N) is 1. The van der Waals surface area contributed by atoms with E-state index in [2.05, 4.69) is 26.1 Å². The highest BCUT2D eigenvalue weighted by molar-refractivity contribution is 9.10. The van der Waals surface area contributed by atoms with Gasteiger partial charge in [0.05, 0.1) is 0 Å². The lowest BCUT2D eigenvalue weighted by molar-refractivity contribution is 0.102. The number of aliphatic hydroxyl groups excluding tert-OH is 1. The fourth-order valence-electron chi connectivity index (χ4n) is 3.39. The van der Waals surface area contributed by atoms with E-state index < -0.39 is 6.10 Å². The predicted octanol–water partition coefficient (Wildman–Crippen LogP) is 2.02. The average molecular weight is 355 g/mol. The Bertz CT molecular complexity index is 454. The van der Waals surface area contributed by atoms with Crippen molar-refractivity contribution in [2.45, 2.75) is 37.5 Å². The van der Waals surface area contributed by atoms with Gasteiger partial charge in [-0.3, -0.25) is 4.90 Å². The molecule has 3 unspecified atom stereocenters. The van der Waals surface area contributed by atoms with E-state index in [1.54, 1.807) is 0 Å². The quantitative estimate of drug-likeness (QED) is 0.820. The molecule has 0 bridgehead atoms. The molecule has 0 amide bonds. The molecule has 3 atom stereocenters. The van der Waals surface area contributed by atoms with Gasteiger partial charge in [-0.25, -0.2) is 0 Å². The van der Waals surface area contributed by atoms with Gasteiger partial charge in [0, 0.05) is 29.6 Å². The Morgan fingerprint density at radius 1 is 1.29 bits per heavy atom. The van der Waals surface area contributed by atoms with Crippen LogP contribution in [-0.2, 0) is 0 Å². The molecule has 2 fully saturated rings. The third-order valence-electron chi connectivity index (χ3n) is 4.48. The van der Waals surface area contributed by atoms with Gasteiger partial charge in [-0.2, -0.15) is 0 Å². The van der Waals surface area contributed by atoms with Crippen LogP contribution in [0.2, 0.25) is 0 Å². The molecule has 21 heavy (non-hydrogen) atoms. The van der Waals surface area contributed by atoms with Crippen molar-refractivity contribution < 1.29 is 9.84 Å². The zero-order valence-electron chi connectivity index (χ0n) is 12.2. The largest absolute Gasteiger partial charge is 0.491 e. The van der Waals surface area contributed by atoms with Crippen LogP contribution in [0.3, 0.4) is 0 Å². The Hall–Kier alpha value is -0.620. The lowest BCUT2D eigenvalue weighted by Gasteiger charge is -2.22. The molecule has 2 aliphatic heterocycles. The third kappa shape index (κ3) is 3.97. The Kier molecular flexibility index (Phi) is 5.16. The zero-order valence-corrected chi connectivity index (χ0v) is 13.8. The summed E-state index contributed by atoms with van der Waals surface area (Å²) in [6.07, 6.45) is 3.34. The lowest BCUT2D eigenvalue weighted by Crippen LogP contribution is -2.43. The summed E-state index contributed by atoms with van der Waals surface area (Å²) in [5.41, 5.74) is 0. The number of rotatable bonds is 6. The minimum absolute atomic E-state index is 0.329. The number of ether oxygens (including phenoxy) is 1. The van der Waals surface area contributed by atoms with E-state index in [9.17, 15) is 5.11 Å². The number of nitrogens with one attached hydrogen (secondary N) is 1. The highest BCUT2D eigenvalue weighted by Crippen LogP contribution is 2.27. The Labute approximate surface area is 134 Å². The van der Waals surface area contributed by atoms with Crippen LogP contribution < -0.4 is 10.1 Å². The van der Waals surface area contributed by atoms with Crippen molar-refractivity contribution in [1.82, 2.24) is 10.2 Å². The maximum Gasteiger partial charge on any atom is 0.119 e. The maximum atomic E-state index is 10.1. The highest BCUT2D eigenvalue weighted by Gasteiger charge is 2.36. The smallest absolute Gasteiger partial charge is 0.119 e. The molecule has 116 valence electrons. The summed E-state index contributed by atoms with van der Waals surface area (Å²) in [6, 6.07) is 8.90. The minimum Gasteiger partial charge on any atom is -0.491 e. The summed E-state index contributed by atoms with van der Waals surface area (Å²) >= 11 is 3.39. The normalized spacial score (nSPS) is 26.8. The Balaban J connectivity index is 1.38. The van der Waals surface area contributed by atoms with Gasteiger partial charge in [0.15, 0.2) is 0 Å². The first-order chi connectivity index (χ1) is 10.2. The summed E-state index contributed by atoms with van der Waals surface area (Å²) in [6.45, 7) is 3.38. The first-order valence-corrected chi connectivity index (χ1v) is 8.55. The molecule has 2 heterocycles. The van der Waals surface area contributed by atoms with Gasteiger partial charge in [-0.05, 0) is 50.1 Å². The summed E-state index contributed by atoms with van der Waals surface area (Å²) in [4.78, 5) is 2.57. The molecule has 1 aromatic carbocycles. The van der Waals surface area contributed by atoms with Crippen LogP contribution in [0, 0.1) is 0 Å². The minimum atomic E-state index is -0.468. The fraction of sp³-hybridized carbons (Fsp3) is 0.625. The van der Waals surface area contributed by atoms with Crippen LogP contribution in [0.4, 0.5) is 0 Å². The number of hydrogen-bond donors (Lipinski definition) is 2. The van der Waals surface area contributed by atoms with E-state index >= 15 is 0 Å². The van der Waals surface area contributed by atoms with Crippen molar-refractivity contribution in [1.29, 1.82) is 0 Å². The molecular formula is C16H23BrN2O2. The Morgan fingerprint density at radius 3 is 2.90 bits per heavy atom.